The Bertz CT molecular complexity index is 665. The Balaban J connectivity index is 2.20. The Morgan fingerprint density at radius 1 is 1.11 bits per heavy atom. The summed E-state index contributed by atoms with van der Waals surface area (Å²) in [6.07, 6.45) is -4.35. The molecule has 1 amide bonds. The van der Waals surface area contributed by atoms with Crippen LogP contribution < -0.4 is 5.32 Å². The van der Waals surface area contributed by atoms with Gasteiger partial charge < -0.3 is 29.4 Å². The smallest absolute Gasteiger partial charge is 0.303 e. The molecule has 9 nitrogen and oxygen atoms in total. The first-order valence-electron chi connectivity index (χ1n) is 8.36. The van der Waals surface area contributed by atoms with Gasteiger partial charge in [0, 0.05) is 26.5 Å². The van der Waals surface area contributed by atoms with Gasteiger partial charge in [0.2, 0.25) is 0 Å². The lowest BCUT2D eigenvalue weighted by atomic mass is 9.96. The molecule has 0 aromatic heterocycles. The van der Waals surface area contributed by atoms with Crippen LogP contribution in [0.1, 0.15) is 24.2 Å². The molecule has 1 fully saturated rings. The number of rotatable bonds is 6. The highest BCUT2D eigenvalue weighted by Crippen LogP contribution is 2.25. The average Bonchev–Trinajstić information content (AvgIpc) is 2.63. The molecule has 0 aliphatic carbocycles. The number of hydrogen-bond acceptors (Lipinski definition) is 8. The Hall–Kier alpha value is -2.49. The summed E-state index contributed by atoms with van der Waals surface area (Å²) in [5.74, 6) is -1.61. The maximum Gasteiger partial charge on any atom is 0.303 e. The number of ether oxygens (including phenoxy) is 4. The van der Waals surface area contributed by atoms with Crippen LogP contribution in [0.3, 0.4) is 0 Å². The summed E-state index contributed by atoms with van der Waals surface area (Å²) in [4.78, 5) is 35.0. The summed E-state index contributed by atoms with van der Waals surface area (Å²) in [5, 5.41) is 13.0. The number of aliphatic hydroxyl groups is 1. The molecule has 0 radical (unpaired) electrons. The first-order valence-corrected chi connectivity index (χ1v) is 8.36. The summed E-state index contributed by atoms with van der Waals surface area (Å²) in [5.41, 5.74) is 0.380. The summed E-state index contributed by atoms with van der Waals surface area (Å²) in [7, 11) is 1.35. The summed E-state index contributed by atoms with van der Waals surface area (Å²) >= 11 is 0. The monoisotopic (exact) mass is 381 g/mol. The van der Waals surface area contributed by atoms with E-state index in [1.165, 1.54) is 21.0 Å². The van der Waals surface area contributed by atoms with E-state index in [9.17, 15) is 19.5 Å². The standard InChI is InChI=1S/C18H23NO8/c1-10(20)25-9-13-15(26-11(2)21)16(24-3)14(18(23)27-13)19-17(22)12-7-5-4-6-8-12/h4-8,13-16,18,23H,9H2,1-3H3,(H,19,22)/t13-,14+,15+,16-,18-/m1/s1. The third kappa shape index (κ3) is 5.49. The van der Waals surface area contributed by atoms with Crippen molar-refractivity contribution in [2.45, 2.75) is 44.5 Å². The van der Waals surface area contributed by atoms with Crippen molar-refractivity contribution in [3.8, 4) is 0 Å². The second-order valence-electron chi connectivity index (χ2n) is 6.01. The van der Waals surface area contributed by atoms with E-state index in [0.717, 1.165) is 0 Å². The van der Waals surface area contributed by atoms with Crippen molar-refractivity contribution in [3.63, 3.8) is 0 Å². The maximum atomic E-state index is 12.4. The number of aliphatic hydroxyl groups excluding tert-OH is 1. The minimum absolute atomic E-state index is 0.246. The molecule has 0 spiro atoms. The van der Waals surface area contributed by atoms with Gasteiger partial charge in [0.05, 0.1) is 0 Å². The van der Waals surface area contributed by atoms with Gasteiger partial charge in [0.1, 0.15) is 24.9 Å². The zero-order valence-corrected chi connectivity index (χ0v) is 15.3. The van der Waals surface area contributed by atoms with Gasteiger partial charge in [0.15, 0.2) is 12.4 Å². The van der Waals surface area contributed by atoms with E-state index in [0.29, 0.717) is 5.56 Å². The Kier molecular flexibility index (Phi) is 7.28. The molecule has 1 aromatic rings. The van der Waals surface area contributed by atoms with Crippen LogP contribution in [0.15, 0.2) is 30.3 Å². The van der Waals surface area contributed by atoms with Crippen LogP contribution in [-0.4, -0.2) is 67.3 Å². The van der Waals surface area contributed by atoms with Gasteiger partial charge in [0.25, 0.3) is 5.91 Å². The van der Waals surface area contributed by atoms with Gasteiger partial charge in [-0.2, -0.15) is 0 Å². The minimum Gasteiger partial charge on any atom is -0.463 e. The summed E-state index contributed by atoms with van der Waals surface area (Å²) in [6, 6.07) is 7.38. The topological polar surface area (TPSA) is 120 Å². The maximum absolute atomic E-state index is 12.4. The quantitative estimate of drug-likeness (QED) is 0.662. The average molecular weight is 381 g/mol. The Morgan fingerprint density at radius 3 is 2.33 bits per heavy atom. The molecule has 1 aromatic carbocycles. The van der Waals surface area contributed by atoms with Crippen molar-refractivity contribution in [2.24, 2.45) is 0 Å². The van der Waals surface area contributed by atoms with Gasteiger partial charge >= 0.3 is 11.9 Å². The lowest BCUT2D eigenvalue weighted by Crippen LogP contribution is -2.65. The molecule has 27 heavy (non-hydrogen) atoms. The number of hydrogen-bond donors (Lipinski definition) is 2. The van der Waals surface area contributed by atoms with Crippen molar-refractivity contribution < 1.29 is 38.4 Å². The molecular weight excluding hydrogens is 358 g/mol. The van der Waals surface area contributed by atoms with Crippen LogP contribution in [0.2, 0.25) is 0 Å². The highest BCUT2D eigenvalue weighted by atomic mass is 16.7. The Labute approximate surface area is 156 Å². The molecule has 0 bridgehead atoms. The zero-order valence-electron chi connectivity index (χ0n) is 15.3. The minimum atomic E-state index is -1.46. The predicted molar refractivity (Wildman–Crippen MR) is 91.6 cm³/mol. The van der Waals surface area contributed by atoms with Gasteiger partial charge in [-0.05, 0) is 12.1 Å². The van der Waals surface area contributed by atoms with E-state index in [2.05, 4.69) is 5.32 Å². The summed E-state index contributed by atoms with van der Waals surface area (Å²) in [6.45, 7) is 2.18. The van der Waals surface area contributed by atoms with Gasteiger partial charge in [-0.25, -0.2) is 0 Å². The van der Waals surface area contributed by atoms with Crippen molar-refractivity contribution in [2.75, 3.05) is 13.7 Å². The van der Waals surface area contributed by atoms with E-state index >= 15 is 0 Å². The molecule has 1 aliphatic heterocycles. The van der Waals surface area contributed by atoms with Crippen LogP contribution >= 0.6 is 0 Å². The zero-order chi connectivity index (χ0) is 20.0. The number of carbonyl (C=O) groups excluding carboxylic acids is 3. The number of nitrogens with one attached hydrogen (secondary N) is 1. The number of methoxy groups -OCH3 is 1. The third-order valence-electron chi connectivity index (χ3n) is 4.02. The van der Waals surface area contributed by atoms with Crippen LogP contribution in [0.5, 0.6) is 0 Å². The van der Waals surface area contributed by atoms with Gasteiger partial charge in [-0.3, -0.25) is 14.4 Å². The molecule has 0 unspecified atom stereocenters. The molecule has 1 aliphatic rings. The van der Waals surface area contributed by atoms with E-state index < -0.39 is 48.5 Å². The largest absolute Gasteiger partial charge is 0.463 e. The highest BCUT2D eigenvalue weighted by molar-refractivity contribution is 5.94. The molecule has 1 saturated heterocycles. The fraction of sp³-hybridized carbons (Fsp3) is 0.500. The molecule has 2 rings (SSSR count). The van der Waals surface area contributed by atoms with E-state index in [4.69, 9.17) is 18.9 Å². The lowest BCUT2D eigenvalue weighted by Gasteiger charge is -2.43. The van der Waals surface area contributed by atoms with Gasteiger partial charge in [-0.1, -0.05) is 18.2 Å². The van der Waals surface area contributed by atoms with E-state index in [1.54, 1.807) is 30.3 Å². The van der Waals surface area contributed by atoms with Crippen LogP contribution in [-0.2, 0) is 28.5 Å². The van der Waals surface area contributed by atoms with Gasteiger partial charge in [-0.15, -0.1) is 0 Å². The van der Waals surface area contributed by atoms with Crippen molar-refractivity contribution in [1.29, 1.82) is 0 Å². The lowest BCUT2D eigenvalue weighted by molar-refractivity contribution is -0.263. The molecule has 9 heteroatoms. The van der Waals surface area contributed by atoms with E-state index in [1.807, 2.05) is 0 Å². The fourth-order valence-corrected chi connectivity index (χ4v) is 2.85. The molecule has 148 valence electrons. The predicted octanol–water partition coefficient (Wildman–Crippen LogP) is 0.0120. The van der Waals surface area contributed by atoms with Crippen molar-refractivity contribution in [1.82, 2.24) is 5.32 Å². The molecule has 0 saturated carbocycles. The number of esters is 2. The highest BCUT2D eigenvalue weighted by Gasteiger charge is 2.48. The van der Waals surface area contributed by atoms with Crippen molar-refractivity contribution in [3.05, 3.63) is 35.9 Å². The third-order valence-corrected chi connectivity index (χ3v) is 4.02. The number of amides is 1. The molecule has 2 N–H and O–H groups in total. The normalized spacial score (nSPS) is 27.5. The molecule has 1 heterocycles. The summed E-state index contributed by atoms with van der Waals surface area (Å²) < 4.78 is 21.0. The molecular formula is C18H23NO8. The molecule has 5 atom stereocenters. The van der Waals surface area contributed by atoms with Crippen molar-refractivity contribution >= 4 is 17.8 Å². The Morgan fingerprint density at radius 2 is 1.78 bits per heavy atom. The number of benzene rings is 1. The first-order chi connectivity index (χ1) is 12.8. The second-order valence-corrected chi connectivity index (χ2v) is 6.01. The van der Waals surface area contributed by atoms with Crippen LogP contribution in [0.25, 0.3) is 0 Å². The SMILES string of the molecule is CO[C@@H]1[C@H](NC(=O)c2ccccc2)[C@H](O)O[C@H](COC(C)=O)[C@@H]1OC(C)=O. The van der Waals surface area contributed by atoms with Crippen LogP contribution in [0, 0.1) is 0 Å². The van der Waals surface area contributed by atoms with Crippen LogP contribution in [0.4, 0.5) is 0 Å². The van der Waals surface area contributed by atoms with E-state index in [-0.39, 0.29) is 6.61 Å². The second kappa shape index (κ2) is 9.45. The number of carbonyl (C=O) groups is 3. The fourth-order valence-electron chi connectivity index (χ4n) is 2.85. The first kappa shape index (κ1) is 20.8.